The van der Waals surface area contributed by atoms with Crippen LogP contribution < -0.4 is 25.2 Å². The Morgan fingerprint density at radius 2 is 0.983 bits per heavy atom. The van der Waals surface area contributed by atoms with E-state index in [2.05, 4.69) is 91.1 Å². The van der Waals surface area contributed by atoms with E-state index in [4.69, 9.17) is 4.74 Å². The SMILES string of the molecule is CC(=O)Oc1ccccc1C(=O)NC1=NCC2c3ccccc3Cc3ccccc3N12.O=C(NC1=NCC2c3ccccc3Cc3ccccc3N12)c1ccccc1O. The highest BCUT2D eigenvalue weighted by Gasteiger charge is 2.38. The highest BCUT2D eigenvalue weighted by atomic mass is 16.5. The van der Waals surface area contributed by atoms with Crippen LogP contribution in [0.1, 0.15) is 73.1 Å². The number of nitrogens with one attached hydrogen (secondary N) is 2. The molecule has 10 rings (SSSR count). The van der Waals surface area contributed by atoms with Crippen LogP contribution in [0.4, 0.5) is 11.4 Å². The minimum atomic E-state index is -0.475. The van der Waals surface area contributed by atoms with Crippen molar-refractivity contribution in [1.82, 2.24) is 10.6 Å². The first kappa shape index (κ1) is 37.1. The highest BCUT2D eigenvalue weighted by molar-refractivity contribution is 6.14. The molecule has 2 amide bonds. The van der Waals surface area contributed by atoms with Gasteiger partial charge in [-0.1, -0.05) is 109 Å². The molecule has 0 aliphatic carbocycles. The average molecular weight is 781 g/mol. The molecule has 6 aromatic carbocycles. The van der Waals surface area contributed by atoms with Gasteiger partial charge in [-0.15, -0.1) is 0 Å². The summed E-state index contributed by atoms with van der Waals surface area (Å²) >= 11 is 0. The van der Waals surface area contributed by atoms with Gasteiger partial charge in [0.15, 0.2) is 0 Å². The maximum absolute atomic E-state index is 13.1. The molecule has 0 spiro atoms. The van der Waals surface area contributed by atoms with Crippen LogP contribution in [0.2, 0.25) is 0 Å². The summed E-state index contributed by atoms with van der Waals surface area (Å²) < 4.78 is 5.21. The van der Waals surface area contributed by atoms with Crippen molar-refractivity contribution in [3.8, 4) is 11.5 Å². The van der Waals surface area contributed by atoms with Crippen molar-refractivity contribution < 1.29 is 24.2 Å². The van der Waals surface area contributed by atoms with Crippen LogP contribution in [-0.2, 0) is 17.6 Å². The average Bonchev–Trinajstić information content (AvgIpc) is 3.77. The van der Waals surface area contributed by atoms with E-state index < -0.39 is 5.97 Å². The van der Waals surface area contributed by atoms with Crippen LogP contribution in [0.5, 0.6) is 11.5 Å². The maximum Gasteiger partial charge on any atom is 0.308 e. The predicted molar refractivity (Wildman–Crippen MR) is 227 cm³/mol. The number of nitrogens with zero attached hydrogens (tertiary/aromatic N) is 4. The number of hydrogen-bond acceptors (Lipinski definition) is 9. The van der Waals surface area contributed by atoms with E-state index in [9.17, 15) is 19.5 Å². The van der Waals surface area contributed by atoms with Gasteiger partial charge in [-0.05, 0) is 82.6 Å². The lowest BCUT2D eigenvalue weighted by molar-refractivity contribution is -0.131. The second-order valence-corrected chi connectivity index (χ2v) is 14.6. The van der Waals surface area contributed by atoms with Gasteiger partial charge >= 0.3 is 5.97 Å². The van der Waals surface area contributed by atoms with Gasteiger partial charge in [-0.3, -0.25) is 25.0 Å². The first-order valence-corrected chi connectivity index (χ1v) is 19.5. The first-order valence-electron chi connectivity index (χ1n) is 19.5. The zero-order chi connectivity index (χ0) is 40.5. The molecule has 4 aliphatic rings. The van der Waals surface area contributed by atoms with Crippen LogP contribution in [-0.4, -0.2) is 47.9 Å². The molecule has 2 atom stereocenters. The van der Waals surface area contributed by atoms with Crippen molar-refractivity contribution in [3.05, 3.63) is 190 Å². The van der Waals surface area contributed by atoms with Gasteiger partial charge < -0.3 is 19.6 Å². The number of amides is 2. The molecule has 4 heterocycles. The van der Waals surface area contributed by atoms with Crippen molar-refractivity contribution in [3.63, 3.8) is 0 Å². The minimum absolute atomic E-state index is 0.0128. The van der Waals surface area contributed by atoms with E-state index in [1.165, 1.54) is 46.4 Å². The normalized spacial score (nSPS) is 16.7. The van der Waals surface area contributed by atoms with Gasteiger partial charge in [-0.2, -0.15) is 0 Å². The topological polar surface area (TPSA) is 136 Å². The zero-order valence-electron chi connectivity index (χ0n) is 32.2. The molecule has 0 fully saturated rings. The fourth-order valence-corrected chi connectivity index (χ4v) is 8.34. The molecule has 0 saturated heterocycles. The van der Waals surface area contributed by atoms with Crippen LogP contribution >= 0.6 is 0 Å². The molecule has 59 heavy (non-hydrogen) atoms. The van der Waals surface area contributed by atoms with E-state index in [1.807, 2.05) is 36.4 Å². The van der Waals surface area contributed by atoms with Gasteiger partial charge in [0.2, 0.25) is 11.9 Å². The number of ether oxygens (including phenoxy) is 1. The van der Waals surface area contributed by atoms with E-state index >= 15 is 0 Å². The zero-order valence-corrected chi connectivity index (χ0v) is 32.2. The number of anilines is 2. The molecular formula is C48H40N6O5. The van der Waals surface area contributed by atoms with Crippen molar-refractivity contribution >= 4 is 41.1 Å². The first-order chi connectivity index (χ1) is 28.8. The van der Waals surface area contributed by atoms with Crippen LogP contribution in [0.25, 0.3) is 0 Å². The number of aliphatic imine (C=N–C) groups is 2. The molecule has 4 aliphatic heterocycles. The number of esters is 1. The third-order valence-electron chi connectivity index (χ3n) is 11.0. The minimum Gasteiger partial charge on any atom is -0.507 e. The molecule has 3 N–H and O–H groups in total. The van der Waals surface area contributed by atoms with Gasteiger partial charge in [0, 0.05) is 18.3 Å². The summed E-state index contributed by atoms with van der Waals surface area (Å²) in [5.74, 6) is -0.0180. The lowest BCUT2D eigenvalue weighted by Crippen LogP contribution is -2.43. The van der Waals surface area contributed by atoms with Crippen LogP contribution in [0.15, 0.2) is 156 Å². The van der Waals surface area contributed by atoms with Crippen LogP contribution in [0, 0.1) is 0 Å². The third kappa shape index (κ3) is 7.18. The lowest BCUT2D eigenvalue weighted by Gasteiger charge is -2.28. The van der Waals surface area contributed by atoms with E-state index in [-0.39, 0.29) is 46.5 Å². The standard InChI is InChI=1S/C25H21N3O3.C23H19N3O2/c1-16(29)31-23-13-7-5-11-20(23)24(30)27-25-26-15-22-19-10-4-2-8-17(19)14-18-9-3-6-12-21(18)28(22)25;27-21-12-6-4-10-18(21)22(28)25-23-24-14-20-17-9-3-1-7-15(17)13-16-8-2-5-11-19(16)26(20)23/h2-13,22H,14-15H2,1H3,(H,26,27,30);1-12,20,27H,13-14H2,(H,24,25,28). The number of fused-ring (bicyclic) bond motifs is 10. The molecule has 292 valence electrons. The van der Waals surface area contributed by atoms with Crippen molar-refractivity contribution in [2.75, 3.05) is 22.9 Å². The quantitative estimate of drug-likeness (QED) is 0.125. The van der Waals surface area contributed by atoms with Gasteiger partial charge in [0.25, 0.3) is 11.8 Å². The Morgan fingerprint density at radius 3 is 1.51 bits per heavy atom. The van der Waals surface area contributed by atoms with Gasteiger partial charge in [0.05, 0.1) is 36.3 Å². The molecule has 0 radical (unpaired) electrons. The number of para-hydroxylation sites is 4. The molecule has 11 heteroatoms. The molecule has 0 bridgehead atoms. The number of carbonyl (C=O) groups is 3. The molecule has 11 nitrogen and oxygen atoms in total. The number of carbonyl (C=O) groups excluding carboxylic acids is 3. The maximum atomic E-state index is 13.1. The van der Waals surface area contributed by atoms with Gasteiger partial charge in [-0.25, -0.2) is 9.98 Å². The number of phenols is 1. The van der Waals surface area contributed by atoms with E-state index in [0.717, 1.165) is 24.2 Å². The van der Waals surface area contributed by atoms with Crippen molar-refractivity contribution in [2.45, 2.75) is 31.8 Å². The third-order valence-corrected chi connectivity index (χ3v) is 11.0. The fourth-order valence-electron chi connectivity index (χ4n) is 8.34. The smallest absolute Gasteiger partial charge is 0.308 e. The number of hydrogen-bond donors (Lipinski definition) is 3. The summed E-state index contributed by atoms with van der Waals surface area (Å²) in [5.41, 5.74) is 9.98. The Hall–Kier alpha value is -7.53. The Kier molecular flexibility index (Phi) is 9.92. The largest absolute Gasteiger partial charge is 0.507 e. The van der Waals surface area contributed by atoms with Crippen LogP contribution in [0.3, 0.4) is 0 Å². The number of rotatable bonds is 3. The fraction of sp³-hybridized carbons (Fsp3) is 0.146. The number of phenolic OH excluding ortho intramolecular Hbond substituents is 1. The summed E-state index contributed by atoms with van der Waals surface area (Å²) in [7, 11) is 0. The molecule has 0 aromatic heterocycles. The summed E-state index contributed by atoms with van der Waals surface area (Å²) in [5, 5.41) is 15.9. The Labute approximate surface area is 341 Å². The van der Waals surface area contributed by atoms with Crippen molar-refractivity contribution in [1.29, 1.82) is 0 Å². The Bertz CT molecular complexity index is 2690. The lowest BCUT2D eigenvalue weighted by atomic mass is 9.97. The number of benzene rings is 6. The summed E-state index contributed by atoms with van der Waals surface area (Å²) in [6.45, 7) is 2.43. The summed E-state index contributed by atoms with van der Waals surface area (Å²) in [4.78, 5) is 50.8. The molecular weight excluding hydrogens is 741 g/mol. The van der Waals surface area contributed by atoms with Crippen molar-refractivity contribution in [2.24, 2.45) is 9.98 Å². The highest BCUT2D eigenvalue weighted by Crippen LogP contribution is 2.41. The summed E-state index contributed by atoms with van der Waals surface area (Å²) in [6, 6.07) is 46.5. The second kappa shape index (κ2) is 15.8. The molecule has 0 saturated carbocycles. The van der Waals surface area contributed by atoms with E-state index in [1.54, 1.807) is 42.5 Å². The Morgan fingerprint density at radius 1 is 0.559 bits per heavy atom. The molecule has 2 unspecified atom stereocenters. The number of aromatic hydroxyl groups is 1. The molecule has 6 aromatic rings. The van der Waals surface area contributed by atoms with E-state index in [0.29, 0.717) is 25.0 Å². The summed E-state index contributed by atoms with van der Waals surface area (Å²) in [6.07, 6.45) is 1.68. The predicted octanol–water partition coefficient (Wildman–Crippen LogP) is 7.51. The monoisotopic (exact) mass is 780 g/mol. The van der Waals surface area contributed by atoms with Gasteiger partial charge in [0.1, 0.15) is 11.5 Å². The number of guanidine groups is 2. The second-order valence-electron chi connectivity index (χ2n) is 14.6. The Balaban J connectivity index is 0.000000153.